The van der Waals surface area contributed by atoms with Crippen molar-refractivity contribution in [2.45, 2.75) is 45.1 Å². The number of nitrogens with zero attached hydrogens (tertiary/aromatic N) is 2. The maximum atomic E-state index is 4.74. The first kappa shape index (κ1) is 9.25. The maximum absolute atomic E-state index is 4.74. The van der Waals surface area contributed by atoms with Gasteiger partial charge in [-0.3, -0.25) is 0 Å². The number of hydrogen-bond donors (Lipinski definition) is 1. The third-order valence-corrected chi connectivity index (χ3v) is 3.69. The summed E-state index contributed by atoms with van der Waals surface area (Å²) in [7, 11) is 0. The Balaban J connectivity index is 1.85. The average molecular weight is 205 g/mol. The molecule has 1 aliphatic heterocycles. The van der Waals surface area contributed by atoms with Gasteiger partial charge < -0.3 is 5.32 Å². The highest BCUT2D eigenvalue weighted by Gasteiger charge is 2.23. The number of aromatic nitrogens is 2. The summed E-state index contributed by atoms with van der Waals surface area (Å²) in [6.45, 7) is 4.44. The molecule has 1 atom stereocenters. The largest absolute Gasteiger partial charge is 0.370 e. The van der Waals surface area contributed by atoms with E-state index in [0.29, 0.717) is 5.92 Å². The molecular weight excluding hydrogens is 186 g/mol. The molecule has 0 saturated heterocycles. The molecule has 1 aromatic heterocycles. The maximum Gasteiger partial charge on any atom is 0.124 e. The molecule has 3 rings (SSSR count). The van der Waals surface area contributed by atoms with Crippen molar-refractivity contribution < 1.29 is 0 Å². The van der Waals surface area contributed by atoms with Crippen LogP contribution in [0.3, 0.4) is 0 Å². The molecule has 1 aliphatic carbocycles. The molecule has 82 valence electrons. The minimum absolute atomic E-state index is 0.703. The summed E-state index contributed by atoms with van der Waals surface area (Å²) < 4.78 is 2.15. The summed E-state index contributed by atoms with van der Waals surface area (Å²) >= 11 is 0. The second-order valence-corrected chi connectivity index (χ2v) is 5.10. The highest BCUT2D eigenvalue weighted by Crippen LogP contribution is 2.34. The summed E-state index contributed by atoms with van der Waals surface area (Å²) in [5.74, 6) is 2.67. The van der Waals surface area contributed by atoms with Crippen LogP contribution in [0.15, 0.2) is 6.07 Å². The van der Waals surface area contributed by atoms with Gasteiger partial charge in [0.15, 0.2) is 0 Å². The lowest BCUT2D eigenvalue weighted by Gasteiger charge is -2.21. The normalized spacial score (nSPS) is 26.3. The summed E-state index contributed by atoms with van der Waals surface area (Å²) in [5, 5.41) is 8.19. The smallest absolute Gasteiger partial charge is 0.124 e. The van der Waals surface area contributed by atoms with Gasteiger partial charge in [-0.15, -0.1) is 0 Å². The second kappa shape index (κ2) is 3.54. The Bertz CT molecular complexity index is 350. The molecule has 0 spiro atoms. The quantitative estimate of drug-likeness (QED) is 0.763. The van der Waals surface area contributed by atoms with Crippen LogP contribution in [-0.2, 0) is 6.54 Å². The van der Waals surface area contributed by atoms with Gasteiger partial charge in [0.25, 0.3) is 0 Å². The number of nitrogens with one attached hydrogen (secondary N) is 1. The first-order valence-electron chi connectivity index (χ1n) is 6.14. The van der Waals surface area contributed by atoms with Crippen LogP contribution in [0.25, 0.3) is 0 Å². The molecule has 1 aromatic rings. The number of rotatable bonds is 1. The van der Waals surface area contributed by atoms with Gasteiger partial charge in [0, 0.05) is 25.1 Å². The van der Waals surface area contributed by atoms with Crippen molar-refractivity contribution >= 4 is 5.82 Å². The van der Waals surface area contributed by atoms with Crippen molar-refractivity contribution in [2.75, 3.05) is 11.9 Å². The van der Waals surface area contributed by atoms with E-state index in [-0.39, 0.29) is 0 Å². The Morgan fingerprint density at radius 3 is 3.00 bits per heavy atom. The average Bonchev–Trinajstić information content (AvgIpc) is 2.84. The Hall–Kier alpha value is -0.990. The zero-order valence-corrected chi connectivity index (χ0v) is 9.37. The molecule has 0 bridgehead atoms. The van der Waals surface area contributed by atoms with Gasteiger partial charge in [0.1, 0.15) is 5.82 Å². The van der Waals surface area contributed by atoms with Crippen LogP contribution in [0.1, 0.15) is 44.2 Å². The minimum Gasteiger partial charge on any atom is -0.370 e. The fourth-order valence-corrected chi connectivity index (χ4v) is 2.78. The van der Waals surface area contributed by atoms with Crippen molar-refractivity contribution in [2.24, 2.45) is 5.92 Å². The van der Waals surface area contributed by atoms with E-state index in [0.717, 1.165) is 19.0 Å². The first-order chi connectivity index (χ1) is 7.33. The van der Waals surface area contributed by atoms with Gasteiger partial charge in [-0.1, -0.05) is 19.8 Å². The Kier molecular flexibility index (Phi) is 2.19. The Morgan fingerprint density at radius 1 is 1.40 bits per heavy atom. The lowest BCUT2D eigenvalue weighted by Crippen LogP contribution is -2.25. The summed E-state index contributed by atoms with van der Waals surface area (Å²) in [6, 6.07) is 2.27. The fourth-order valence-electron chi connectivity index (χ4n) is 2.78. The van der Waals surface area contributed by atoms with E-state index in [2.05, 4.69) is 23.0 Å². The molecule has 1 N–H and O–H groups in total. The molecule has 0 aromatic carbocycles. The van der Waals surface area contributed by atoms with Crippen LogP contribution in [0, 0.1) is 5.92 Å². The number of anilines is 1. The Morgan fingerprint density at radius 2 is 2.20 bits per heavy atom. The van der Waals surface area contributed by atoms with E-state index < -0.39 is 0 Å². The van der Waals surface area contributed by atoms with E-state index in [1.165, 1.54) is 37.2 Å². The predicted molar refractivity (Wildman–Crippen MR) is 61.1 cm³/mol. The lowest BCUT2D eigenvalue weighted by molar-refractivity contribution is 0.440. The lowest BCUT2D eigenvalue weighted by atomic mass is 10.0. The van der Waals surface area contributed by atoms with E-state index in [1.807, 2.05) is 0 Å². The predicted octanol–water partition coefficient (Wildman–Crippen LogP) is 2.60. The molecule has 0 radical (unpaired) electrons. The van der Waals surface area contributed by atoms with Crippen LogP contribution in [-0.4, -0.2) is 16.3 Å². The fraction of sp³-hybridized carbons (Fsp3) is 0.750. The van der Waals surface area contributed by atoms with E-state index in [4.69, 9.17) is 5.10 Å². The molecule has 1 fully saturated rings. The van der Waals surface area contributed by atoms with Crippen molar-refractivity contribution in [3.8, 4) is 0 Å². The SMILES string of the molecule is CC1CNc2cc(C3CCCC3)nn2C1. The summed E-state index contributed by atoms with van der Waals surface area (Å²) in [6.07, 6.45) is 5.45. The van der Waals surface area contributed by atoms with Gasteiger partial charge in [0.2, 0.25) is 0 Å². The van der Waals surface area contributed by atoms with E-state index >= 15 is 0 Å². The van der Waals surface area contributed by atoms with Crippen LogP contribution in [0.4, 0.5) is 5.82 Å². The van der Waals surface area contributed by atoms with Gasteiger partial charge in [-0.2, -0.15) is 5.10 Å². The topological polar surface area (TPSA) is 29.9 Å². The molecule has 2 aliphatic rings. The second-order valence-electron chi connectivity index (χ2n) is 5.10. The van der Waals surface area contributed by atoms with Crippen LogP contribution < -0.4 is 5.32 Å². The minimum atomic E-state index is 0.703. The zero-order chi connectivity index (χ0) is 10.3. The van der Waals surface area contributed by atoms with Crippen molar-refractivity contribution in [1.29, 1.82) is 0 Å². The summed E-state index contributed by atoms with van der Waals surface area (Å²) in [5.41, 5.74) is 1.32. The highest BCUT2D eigenvalue weighted by molar-refractivity contribution is 5.39. The third kappa shape index (κ3) is 1.64. The van der Waals surface area contributed by atoms with Crippen molar-refractivity contribution in [1.82, 2.24) is 9.78 Å². The molecule has 0 amide bonds. The van der Waals surface area contributed by atoms with Crippen molar-refractivity contribution in [3.63, 3.8) is 0 Å². The van der Waals surface area contributed by atoms with Crippen LogP contribution in [0.5, 0.6) is 0 Å². The highest BCUT2D eigenvalue weighted by atomic mass is 15.3. The molecule has 1 saturated carbocycles. The van der Waals surface area contributed by atoms with Gasteiger partial charge in [0.05, 0.1) is 5.69 Å². The summed E-state index contributed by atoms with van der Waals surface area (Å²) in [4.78, 5) is 0. The van der Waals surface area contributed by atoms with Gasteiger partial charge in [-0.05, 0) is 18.8 Å². The molecule has 1 unspecified atom stereocenters. The van der Waals surface area contributed by atoms with Gasteiger partial charge >= 0.3 is 0 Å². The molecule has 3 nitrogen and oxygen atoms in total. The molecule has 15 heavy (non-hydrogen) atoms. The van der Waals surface area contributed by atoms with E-state index in [1.54, 1.807) is 0 Å². The number of hydrogen-bond acceptors (Lipinski definition) is 2. The third-order valence-electron chi connectivity index (χ3n) is 3.69. The number of fused-ring (bicyclic) bond motifs is 1. The molecule has 2 heterocycles. The first-order valence-corrected chi connectivity index (χ1v) is 6.14. The van der Waals surface area contributed by atoms with E-state index in [9.17, 15) is 0 Å². The van der Waals surface area contributed by atoms with Crippen molar-refractivity contribution in [3.05, 3.63) is 11.8 Å². The zero-order valence-electron chi connectivity index (χ0n) is 9.37. The standard InChI is InChI=1S/C12H19N3/c1-9-7-13-12-6-11(14-15(12)8-9)10-4-2-3-5-10/h6,9-10,13H,2-5,7-8H2,1H3. The monoisotopic (exact) mass is 205 g/mol. The molecule has 3 heteroatoms. The van der Waals surface area contributed by atoms with Gasteiger partial charge in [-0.25, -0.2) is 4.68 Å². The Labute approximate surface area is 90.9 Å². The van der Waals surface area contributed by atoms with Crippen LogP contribution >= 0.6 is 0 Å². The van der Waals surface area contributed by atoms with Crippen LogP contribution in [0.2, 0.25) is 0 Å². The molecular formula is C12H19N3.